The van der Waals surface area contributed by atoms with E-state index < -0.39 is 6.04 Å². The van der Waals surface area contributed by atoms with Crippen LogP contribution in [-0.4, -0.2) is 74.8 Å². The summed E-state index contributed by atoms with van der Waals surface area (Å²) >= 11 is 0. The third-order valence-corrected chi connectivity index (χ3v) is 7.41. The highest BCUT2D eigenvalue weighted by Crippen LogP contribution is 2.22. The lowest BCUT2D eigenvalue weighted by atomic mass is 9.93. The number of carbonyl (C=O) groups is 4. The number of nitrogens with zero attached hydrogens (tertiary/aromatic N) is 1. The standard InChI is InChI=1S/C28H42N4O5/c1-37-25-10-6-22(7-11-25)8-12-26(34)31-24(20-33)18-30-28(36)23-5-3-17-32(19-23)27(35)13-9-21-4-2-15-29-16-14-21/h6-7,10-11,20-21,23-24,29H,2-5,8-9,12-19H2,1H3,(H,30,36)(H,31,34)/t21?,23-,24+/m1/s1. The van der Waals surface area contributed by atoms with E-state index in [-0.39, 0.29) is 36.6 Å². The number of ether oxygens (including phenoxy) is 1. The molecule has 0 radical (unpaired) electrons. The molecular formula is C28H42N4O5. The summed E-state index contributed by atoms with van der Waals surface area (Å²) in [6, 6.07) is 6.69. The van der Waals surface area contributed by atoms with Crippen LogP contribution < -0.4 is 20.7 Å². The van der Waals surface area contributed by atoms with Gasteiger partial charge >= 0.3 is 0 Å². The number of benzene rings is 1. The maximum atomic E-state index is 12.8. The molecule has 0 aliphatic carbocycles. The van der Waals surface area contributed by atoms with Crippen LogP contribution in [0.5, 0.6) is 5.75 Å². The predicted octanol–water partition coefficient (Wildman–Crippen LogP) is 1.84. The van der Waals surface area contributed by atoms with Gasteiger partial charge in [0.25, 0.3) is 0 Å². The molecule has 9 heteroatoms. The lowest BCUT2D eigenvalue weighted by Gasteiger charge is -2.32. The van der Waals surface area contributed by atoms with E-state index in [1.165, 1.54) is 6.42 Å². The summed E-state index contributed by atoms with van der Waals surface area (Å²) in [5.41, 5.74) is 0.995. The van der Waals surface area contributed by atoms with Crippen LogP contribution in [-0.2, 0) is 25.6 Å². The Hall–Kier alpha value is -2.94. The van der Waals surface area contributed by atoms with E-state index in [4.69, 9.17) is 4.74 Å². The Balaban J connectivity index is 1.37. The molecule has 3 N–H and O–H groups in total. The van der Waals surface area contributed by atoms with Crippen molar-refractivity contribution < 1.29 is 23.9 Å². The number of methoxy groups -OCH3 is 1. The highest BCUT2D eigenvalue weighted by Gasteiger charge is 2.29. The number of rotatable bonds is 12. The molecule has 2 saturated heterocycles. The van der Waals surface area contributed by atoms with Crippen LogP contribution >= 0.6 is 0 Å². The van der Waals surface area contributed by atoms with E-state index in [0.29, 0.717) is 44.6 Å². The number of carbonyl (C=O) groups excluding carboxylic acids is 4. The molecule has 9 nitrogen and oxygen atoms in total. The van der Waals surface area contributed by atoms with E-state index in [2.05, 4.69) is 16.0 Å². The van der Waals surface area contributed by atoms with Gasteiger partial charge in [-0.1, -0.05) is 12.1 Å². The first-order valence-electron chi connectivity index (χ1n) is 13.6. The fourth-order valence-corrected chi connectivity index (χ4v) is 5.10. The summed E-state index contributed by atoms with van der Waals surface area (Å²) in [6.45, 7) is 3.23. The molecule has 3 amide bonds. The number of aldehydes is 1. The van der Waals surface area contributed by atoms with Crippen molar-refractivity contribution in [2.24, 2.45) is 11.8 Å². The molecule has 2 aliphatic heterocycles. The third-order valence-electron chi connectivity index (χ3n) is 7.41. The summed E-state index contributed by atoms with van der Waals surface area (Å²) < 4.78 is 5.13. The van der Waals surface area contributed by atoms with Crippen molar-refractivity contribution >= 4 is 24.0 Å². The maximum absolute atomic E-state index is 12.8. The van der Waals surface area contributed by atoms with Gasteiger partial charge in [0.05, 0.1) is 13.0 Å². The van der Waals surface area contributed by atoms with Crippen molar-refractivity contribution in [2.45, 2.75) is 63.8 Å². The summed E-state index contributed by atoms with van der Waals surface area (Å²) in [6.07, 6.45) is 7.82. The number of likely N-dealkylation sites (tertiary alicyclic amines) is 1. The molecule has 3 rings (SSSR count). The van der Waals surface area contributed by atoms with Gasteiger partial charge in [-0.05, 0) is 81.6 Å². The number of piperidine rings is 1. The molecule has 1 aromatic rings. The highest BCUT2D eigenvalue weighted by molar-refractivity contribution is 5.83. The first-order chi connectivity index (χ1) is 18.0. The number of nitrogens with one attached hydrogen (secondary N) is 3. The SMILES string of the molecule is COc1ccc(CCC(=O)N[C@H](C=O)CNC(=O)[C@@H]2CCCN(C(=O)CCC3CCCNCC3)C2)cc1. The second-order valence-electron chi connectivity index (χ2n) is 10.2. The van der Waals surface area contributed by atoms with Crippen LogP contribution in [0.4, 0.5) is 0 Å². The largest absolute Gasteiger partial charge is 0.497 e. The molecule has 0 saturated carbocycles. The molecule has 1 unspecified atom stereocenters. The highest BCUT2D eigenvalue weighted by atomic mass is 16.5. The molecule has 3 atom stereocenters. The molecule has 37 heavy (non-hydrogen) atoms. The molecule has 0 aromatic heterocycles. The molecule has 2 fully saturated rings. The van der Waals surface area contributed by atoms with Gasteiger partial charge in [-0.15, -0.1) is 0 Å². The zero-order chi connectivity index (χ0) is 26.5. The smallest absolute Gasteiger partial charge is 0.224 e. The summed E-state index contributed by atoms with van der Waals surface area (Å²) in [7, 11) is 1.60. The average molecular weight is 515 g/mol. The molecule has 1 aromatic carbocycles. The quantitative estimate of drug-likeness (QED) is 0.367. The van der Waals surface area contributed by atoms with Gasteiger partial charge in [-0.25, -0.2) is 0 Å². The van der Waals surface area contributed by atoms with Crippen molar-refractivity contribution in [3.63, 3.8) is 0 Å². The Morgan fingerprint density at radius 3 is 2.68 bits per heavy atom. The fourth-order valence-electron chi connectivity index (χ4n) is 5.10. The van der Waals surface area contributed by atoms with E-state index in [1.807, 2.05) is 29.2 Å². The van der Waals surface area contributed by atoms with Crippen molar-refractivity contribution in [1.29, 1.82) is 0 Å². The predicted molar refractivity (Wildman–Crippen MR) is 141 cm³/mol. The van der Waals surface area contributed by atoms with Crippen LogP contribution in [0.3, 0.4) is 0 Å². The summed E-state index contributed by atoms with van der Waals surface area (Å²) in [5.74, 6) is 0.757. The van der Waals surface area contributed by atoms with Crippen LogP contribution in [0.1, 0.15) is 56.9 Å². The van der Waals surface area contributed by atoms with Gasteiger partial charge in [-0.2, -0.15) is 0 Å². The topological polar surface area (TPSA) is 117 Å². The van der Waals surface area contributed by atoms with E-state index in [0.717, 1.165) is 50.1 Å². The van der Waals surface area contributed by atoms with Gasteiger partial charge < -0.3 is 30.4 Å². The normalized spacial score (nSPS) is 20.8. The summed E-state index contributed by atoms with van der Waals surface area (Å²) in [5, 5.41) is 8.89. The minimum Gasteiger partial charge on any atom is -0.497 e. The fraction of sp³-hybridized carbons (Fsp3) is 0.643. The van der Waals surface area contributed by atoms with Crippen molar-refractivity contribution in [2.75, 3.05) is 39.8 Å². The van der Waals surface area contributed by atoms with Crippen LogP contribution in [0.25, 0.3) is 0 Å². The van der Waals surface area contributed by atoms with Gasteiger partial charge in [0.15, 0.2) is 0 Å². The van der Waals surface area contributed by atoms with E-state index in [1.54, 1.807) is 7.11 Å². The molecule has 204 valence electrons. The Morgan fingerprint density at radius 1 is 1.11 bits per heavy atom. The van der Waals surface area contributed by atoms with Crippen LogP contribution in [0, 0.1) is 11.8 Å². The van der Waals surface area contributed by atoms with E-state index >= 15 is 0 Å². The second kappa shape index (κ2) is 15.3. The molecule has 2 heterocycles. The van der Waals surface area contributed by atoms with E-state index in [9.17, 15) is 19.2 Å². The first-order valence-corrected chi connectivity index (χ1v) is 13.6. The first kappa shape index (κ1) is 28.6. The van der Waals surface area contributed by atoms with Crippen molar-refractivity contribution in [3.8, 4) is 5.75 Å². The van der Waals surface area contributed by atoms with Crippen LogP contribution in [0.2, 0.25) is 0 Å². The van der Waals surface area contributed by atoms with Gasteiger partial charge in [-0.3, -0.25) is 14.4 Å². The van der Waals surface area contributed by atoms with Gasteiger partial charge in [0.2, 0.25) is 17.7 Å². The monoisotopic (exact) mass is 514 g/mol. The van der Waals surface area contributed by atoms with Crippen molar-refractivity contribution in [1.82, 2.24) is 20.9 Å². The Morgan fingerprint density at radius 2 is 1.92 bits per heavy atom. The lowest BCUT2D eigenvalue weighted by molar-refractivity contribution is -0.136. The molecule has 0 spiro atoms. The number of amides is 3. The van der Waals surface area contributed by atoms with Crippen LogP contribution in [0.15, 0.2) is 24.3 Å². The minimum absolute atomic E-state index is 0.0385. The maximum Gasteiger partial charge on any atom is 0.224 e. The van der Waals surface area contributed by atoms with Gasteiger partial charge in [0.1, 0.15) is 18.1 Å². The number of hydrogen-bond donors (Lipinski definition) is 3. The minimum atomic E-state index is -0.789. The molecule has 2 aliphatic rings. The Bertz CT molecular complexity index is 883. The van der Waals surface area contributed by atoms with Crippen molar-refractivity contribution in [3.05, 3.63) is 29.8 Å². The zero-order valence-corrected chi connectivity index (χ0v) is 22.0. The molecule has 0 bridgehead atoms. The molecular weight excluding hydrogens is 472 g/mol. The lowest BCUT2D eigenvalue weighted by Crippen LogP contribution is -2.49. The number of aryl methyl sites for hydroxylation is 1. The Kier molecular flexibility index (Phi) is 11.9. The zero-order valence-electron chi connectivity index (χ0n) is 22.0. The van der Waals surface area contributed by atoms with Gasteiger partial charge in [0, 0.05) is 32.5 Å². The third kappa shape index (κ3) is 9.80. The Labute approximate surface area is 220 Å². The second-order valence-corrected chi connectivity index (χ2v) is 10.2. The average Bonchev–Trinajstić information content (AvgIpc) is 3.22. The number of hydrogen-bond acceptors (Lipinski definition) is 6. The summed E-state index contributed by atoms with van der Waals surface area (Å²) in [4.78, 5) is 51.2.